The summed E-state index contributed by atoms with van der Waals surface area (Å²) >= 11 is 0. The van der Waals surface area contributed by atoms with Gasteiger partial charge in [0.1, 0.15) is 41.5 Å². The molecule has 2 spiro atoms. The summed E-state index contributed by atoms with van der Waals surface area (Å²) in [5.41, 5.74) is 1.67. The fraction of sp³-hybridized carbons (Fsp3) is 0.681. The lowest BCUT2D eigenvalue weighted by atomic mass is 9.76. The van der Waals surface area contributed by atoms with Crippen molar-refractivity contribution < 1.29 is 38.1 Å². The molecule has 2 aromatic rings. The molecule has 1 N–H and O–H groups in total. The van der Waals surface area contributed by atoms with Crippen LogP contribution >= 0.6 is 0 Å². The minimum Gasteiger partial charge on any atom is -0.487 e. The van der Waals surface area contributed by atoms with Gasteiger partial charge in [-0.1, -0.05) is 36.4 Å². The summed E-state index contributed by atoms with van der Waals surface area (Å²) in [7, 11) is 0. The van der Waals surface area contributed by atoms with Crippen LogP contribution in [0.5, 0.6) is 11.5 Å². The number of benzene rings is 2. The number of hydrogen-bond acceptors (Lipinski definition) is 9. The van der Waals surface area contributed by atoms with Crippen LogP contribution in [-0.2, 0) is 23.8 Å². The van der Waals surface area contributed by atoms with E-state index in [1.165, 1.54) is 11.1 Å². The molecule has 0 bridgehead atoms. The molecule has 0 radical (unpaired) electrons. The molecule has 6 rings (SSSR count). The lowest BCUT2D eigenvalue weighted by Crippen LogP contribution is -2.52. The smallest absolute Gasteiger partial charge is 0.410 e. The standard InChI is InChI=1S/C26H40N2O5.C21H32N2O3/c1-6-27(7-2)23(29)19-31-17-12-20-18-26(32-22-11-9-8-10-21(20)22)13-15-28(16-14-26)24(30)33-25(3,4)5;1-3-23(4-2)20(24)16-25-14-9-17-15-21(10-12-22-13-11-21)26-19-8-6-5-7-18(17)19/h8-11,20H,6-7,12-19H2,1-5H3;5-8,17,22H,3-4,9-16H2,1-2H3. The van der Waals surface area contributed by atoms with Crippen LogP contribution in [0, 0.1) is 0 Å². The molecular formula is C47H72N4O8. The van der Waals surface area contributed by atoms with E-state index in [4.69, 9.17) is 23.7 Å². The van der Waals surface area contributed by atoms with E-state index in [-0.39, 0.29) is 42.3 Å². The van der Waals surface area contributed by atoms with E-state index in [1.807, 2.05) is 71.6 Å². The van der Waals surface area contributed by atoms with Crippen LogP contribution < -0.4 is 14.8 Å². The molecule has 328 valence electrons. The van der Waals surface area contributed by atoms with Crippen LogP contribution in [0.15, 0.2) is 48.5 Å². The molecule has 12 heteroatoms. The Hall–Kier alpha value is -3.87. The molecular weight excluding hydrogens is 749 g/mol. The Morgan fingerprint density at radius 1 is 0.695 bits per heavy atom. The maximum atomic E-state index is 12.5. The van der Waals surface area contributed by atoms with Gasteiger partial charge in [0.15, 0.2) is 0 Å². The Balaban J connectivity index is 0.000000230. The highest BCUT2D eigenvalue weighted by molar-refractivity contribution is 5.77. The van der Waals surface area contributed by atoms with E-state index >= 15 is 0 Å². The van der Waals surface area contributed by atoms with Gasteiger partial charge in [-0.3, -0.25) is 9.59 Å². The summed E-state index contributed by atoms with van der Waals surface area (Å²) < 4.78 is 30.0. The van der Waals surface area contributed by atoms with Crippen molar-refractivity contribution in [3.63, 3.8) is 0 Å². The third-order valence-corrected chi connectivity index (χ3v) is 12.4. The number of fused-ring (bicyclic) bond motifs is 2. The summed E-state index contributed by atoms with van der Waals surface area (Å²) in [6.07, 6.45) is 7.11. The molecule has 12 nitrogen and oxygen atoms in total. The Kier molecular flexibility index (Phi) is 16.9. The van der Waals surface area contributed by atoms with Gasteiger partial charge in [-0.25, -0.2) is 4.79 Å². The first-order chi connectivity index (χ1) is 28.3. The second-order valence-electron chi connectivity index (χ2n) is 17.5. The number of nitrogens with one attached hydrogen (secondary N) is 1. The van der Waals surface area contributed by atoms with Gasteiger partial charge in [0.05, 0.1) is 0 Å². The molecule has 4 aliphatic rings. The Labute approximate surface area is 353 Å². The summed E-state index contributed by atoms with van der Waals surface area (Å²) in [5.74, 6) is 2.81. The quantitative estimate of drug-likeness (QED) is 0.193. The highest BCUT2D eigenvalue weighted by Gasteiger charge is 2.45. The van der Waals surface area contributed by atoms with Crippen LogP contribution in [0.4, 0.5) is 4.79 Å². The number of nitrogens with zero attached hydrogens (tertiary/aromatic N) is 3. The second kappa shape index (κ2) is 21.6. The number of carbonyl (C=O) groups excluding carboxylic acids is 3. The second-order valence-corrected chi connectivity index (χ2v) is 17.5. The number of piperidine rings is 2. The Bertz CT molecular complexity index is 1640. The predicted octanol–water partition coefficient (Wildman–Crippen LogP) is 7.55. The van der Waals surface area contributed by atoms with Crippen molar-refractivity contribution in [2.24, 2.45) is 0 Å². The molecule has 4 aliphatic heterocycles. The third kappa shape index (κ3) is 12.8. The van der Waals surface area contributed by atoms with E-state index < -0.39 is 5.60 Å². The molecule has 0 aromatic heterocycles. The van der Waals surface area contributed by atoms with E-state index in [0.29, 0.717) is 51.2 Å². The first-order valence-electron chi connectivity index (χ1n) is 22.3. The Morgan fingerprint density at radius 3 is 1.54 bits per heavy atom. The minimum absolute atomic E-state index is 0.0402. The fourth-order valence-corrected chi connectivity index (χ4v) is 9.03. The molecule has 2 unspecified atom stereocenters. The average Bonchev–Trinajstić information content (AvgIpc) is 3.22. The molecule has 0 saturated carbocycles. The largest absolute Gasteiger partial charge is 0.487 e. The molecule has 0 aliphatic carbocycles. The van der Waals surface area contributed by atoms with Gasteiger partial charge < -0.3 is 43.7 Å². The summed E-state index contributed by atoms with van der Waals surface area (Å²) in [4.78, 5) is 42.2. The fourth-order valence-electron chi connectivity index (χ4n) is 9.03. The minimum atomic E-state index is -0.496. The number of likely N-dealkylation sites (N-methyl/N-ethyl adjacent to an activating group) is 2. The van der Waals surface area contributed by atoms with Crippen molar-refractivity contribution in [1.29, 1.82) is 0 Å². The van der Waals surface area contributed by atoms with E-state index in [9.17, 15) is 14.4 Å². The number of rotatable bonds is 14. The maximum absolute atomic E-state index is 12.5. The van der Waals surface area contributed by atoms with Crippen LogP contribution in [-0.4, -0.2) is 128 Å². The zero-order valence-electron chi connectivity index (χ0n) is 37.0. The first-order valence-corrected chi connectivity index (χ1v) is 22.3. The first kappa shape index (κ1) is 46.2. The summed E-state index contributed by atoms with van der Waals surface area (Å²) in [5, 5.41) is 3.43. The van der Waals surface area contributed by atoms with E-state index in [2.05, 4.69) is 35.6 Å². The monoisotopic (exact) mass is 821 g/mol. The van der Waals surface area contributed by atoms with Crippen LogP contribution in [0.3, 0.4) is 0 Å². The van der Waals surface area contributed by atoms with Crippen LogP contribution in [0.2, 0.25) is 0 Å². The van der Waals surface area contributed by atoms with Crippen molar-refractivity contribution in [2.75, 3.05) is 78.8 Å². The van der Waals surface area contributed by atoms with Gasteiger partial charge in [-0.15, -0.1) is 0 Å². The number of amides is 3. The van der Waals surface area contributed by atoms with E-state index in [0.717, 1.165) is 89.0 Å². The average molecular weight is 821 g/mol. The summed E-state index contributed by atoms with van der Waals surface area (Å²) in [6.45, 7) is 21.2. The number of hydrogen-bond donors (Lipinski definition) is 1. The number of carbonyl (C=O) groups is 3. The third-order valence-electron chi connectivity index (χ3n) is 12.4. The maximum Gasteiger partial charge on any atom is 0.410 e. The molecule has 2 saturated heterocycles. The number of para-hydroxylation sites is 2. The molecule has 2 fully saturated rings. The molecule has 2 atom stereocenters. The van der Waals surface area contributed by atoms with Gasteiger partial charge in [0, 0.05) is 65.3 Å². The molecule has 4 heterocycles. The zero-order valence-corrected chi connectivity index (χ0v) is 37.0. The number of ether oxygens (including phenoxy) is 5. The van der Waals surface area contributed by atoms with Crippen LogP contribution in [0.1, 0.15) is 123 Å². The van der Waals surface area contributed by atoms with Crippen molar-refractivity contribution in [1.82, 2.24) is 20.0 Å². The topological polar surface area (TPSA) is 119 Å². The molecule has 3 amide bonds. The van der Waals surface area contributed by atoms with E-state index in [1.54, 1.807) is 9.80 Å². The highest BCUT2D eigenvalue weighted by Crippen LogP contribution is 2.47. The number of likely N-dealkylation sites (tertiary alicyclic amines) is 1. The highest BCUT2D eigenvalue weighted by atomic mass is 16.6. The van der Waals surface area contributed by atoms with Crippen molar-refractivity contribution in [3.05, 3.63) is 59.7 Å². The molecule has 2 aromatic carbocycles. The van der Waals surface area contributed by atoms with Crippen molar-refractivity contribution in [2.45, 2.75) is 128 Å². The normalized spacial score (nSPS) is 20.2. The van der Waals surface area contributed by atoms with Gasteiger partial charge in [-0.05, 0) is 135 Å². The van der Waals surface area contributed by atoms with Gasteiger partial charge in [-0.2, -0.15) is 0 Å². The van der Waals surface area contributed by atoms with Crippen molar-refractivity contribution >= 4 is 17.9 Å². The van der Waals surface area contributed by atoms with Gasteiger partial charge in [0.25, 0.3) is 0 Å². The Morgan fingerprint density at radius 2 is 1.12 bits per heavy atom. The van der Waals surface area contributed by atoms with Crippen molar-refractivity contribution in [3.8, 4) is 11.5 Å². The summed E-state index contributed by atoms with van der Waals surface area (Å²) in [6, 6.07) is 16.6. The SMILES string of the molecule is CCN(CC)C(=O)COCCC1CC2(CCN(C(=O)OC(C)(C)C)CC2)Oc2ccccc21.CCN(CC)C(=O)COCCC1CC2(CCNCC2)Oc2ccccc21. The van der Waals surface area contributed by atoms with Crippen LogP contribution in [0.25, 0.3) is 0 Å². The predicted molar refractivity (Wildman–Crippen MR) is 230 cm³/mol. The zero-order chi connectivity index (χ0) is 42.5. The lowest BCUT2D eigenvalue weighted by Gasteiger charge is -2.47. The lowest BCUT2D eigenvalue weighted by molar-refractivity contribution is -0.136. The molecule has 59 heavy (non-hydrogen) atoms. The van der Waals surface area contributed by atoms with Gasteiger partial charge in [0.2, 0.25) is 11.8 Å². The van der Waals surface area contributed by atoms with Gasteiger partial charge >= 0.3 is 6.09 Å².